The van der Waals surface area contributed by atoms with Crippen molar-refractivity contribution in [3.63, 3.8) is 0 Å². The van der Waals surface area contributed by atoms with Gasteiger partial charge < -0.3 is 9.05 Å². The van der Waals surface area contributed by atoms with Crippen LogP contribution in [0.5, 0.6) is 0 Å². The molecule has 2 atom stereocenters. The summed E-state index contributed by atoms with van der Waals surface area (Å²) in [6, 6.07) is 0. The average Bonchev–Trinajstić information content (AvgIpc) is 2.41. The van der Waals surface area contributed by atoms with E-state index in [2.05, 4.69) is 0 Å². The lowest BCUT2D eigenvalue weighted by molar-refractivity contribution is 0.293. The van der Waals surface area contributed by atoms with Crippen molar-refractivity contribution in [1.29, 1.82) is 0 Å². The van der Waals surface area contributed by atoms with Gasteiger partial charge in [0, 0.05) is 33.3 Å². The van der Waals surface area contributed by atoms with E-state index in [1.165, 1.54) is 7.11 Å². The fourth-order valence-corrected chi connectivity index (χ4v) is 13.2. The molecular formula is C11H28N2O4P2S. The first kappa shape index (κ1) is 20.6. The molecule has 0 radical (unpaired) electrons. The van der Waals surface area contributed by atoms with E-state index in [4.69, 9.17) is 9.05 Å². The van der Waals surface area contributed by atoms with Crippen molar-refractivity contribution in [3.05, 3.63) is 0 Å². The van der Waals surface area contributed by atoms with Crippen molar-refractivity contribution in [2.24, 2.45) is 0 Å². The van der Waals surface area contributed by atoms with Crippen LogP contribution >= 0.6 is 24.4 Å². The van der Waals surface area contributed by atoms with Crippen molar-refractivity contribution in [3.8, 4) is 0 Å². The van der Waals surface area contributed by atoms with Gasteiger partial charge in [-0.15, -0.1) is 0 Å². The lowest BCUT2D eigenvalue weighted by Gasteiger charge is -2.33. The van der Waals surface area contributed by atoms with Gasteiger partial charge in [-0.2, -0.15) is 0 Å². The largest absolute Gasteiger partial charge is 0.339 e. The highest BCUT2D eigenvalue weighted by molar-refractivity contribution is 8.85. The summed E-state index contributed by atoms with van der Waals surface area (Å²) in [4.78, 5) is 0. The molecule has 0 saturated carbocycles. The lowest BCUT2D eigenvalue weighted by Crippen LogP contribution is -2.22. The molecule has 0 aliphatic rings. The van der Waals surface area contributed by atoms with Gasteiger partial charge in [-0.25, -0.2) is 9.34 Å². The van der Waals surface area contributed by atoms with Crippen LogP contribution in [-0.2, 0) is 18.2 Å². The van der Waals surface area contributed by atoms with Crippen LogP contribution in [0.1, 0.15) is 34.6 Å². The SMILES string of the molecule is CCOP(=O)(SP(=O)(OC)N(CC)CC)N(CC)CC. The number of nitrogens with zero attached hydrogens (tertiary/aromatic N) is 2. The molecule has 0 bridgehead atoms. The second-order valence-electron chi connectivity index (χ2n) is 3.90. The van der Waals surface area contributed by atoms with Gasteiger partial charge in [0.15, 0.2) is 0 Å². The molecular weight excluding hydrogens is 318 g/mol. The maximum Gasteiger partial charge on any atom is 0.339 e. The fraction of sp³-hybridized carbons (Fsp3) is 1.00. The summed E-state index contributed by atoms with van der Waals surface area (Å²) in [5, 5.41) is 0. The maximum absolute atomic E-state index is 13.1. The molecule has 0 aromatic rings. The summed E-state index contributed by atoms with van der Waals surface area (Å²) in [7, 11) is 1.39. The molecule has 0 aliphatic carbocycles. The quantitative estimate of drug-likeness (QED) is 0.517. The second kappa shape index (κ2) is 9.62. The summed E-state index contributed by atoms with van der Waals surface area (Å²) in [5.74, 6) is 0. The third-order valence-corrected chi connectivity index (χ3v) is 14.0. The Morgan fingerprint density at radius 3 is 1.55 bits per heavy atom. The third kappa shape index (κ3) is 5.13. The summed E-state index contributed by atoms with van der Waals surface area (Å²) < 4.78 is 40.2. The molecule has 0 spiro atoms. The topological polar surface area (TPSA) is 59.1 Å². The average molecular weight is 346 g/mol. The number of hydrogen-bond donors (Lipinski definition) is 0. The van der Waals surface area contributed by atoms with Crippen molar-refractivity contribution < 1.29 is 18.2 Å². The first-order valence-electron chi connectivity index (χ1n) is 6.99. The van der Waals surface area contributed by atoms with Gasteiger partial charge in [0.1, 0.15) is 0 Å². The lowest BCUT2D eigenvalue weighted by atomic mass is 10.7. The highest BCUT2D eigenvalue weighted by atomic mass is 33.1. The molecule has 0 aromatic carbocycles. The van der Waals surface area contributed by atoms with E-state index in [0.29, 0.717) is 32.8 Å². The predicted molar refractivity (Wildman–Crippen MR) is 87.3 cm³/mol. The fourth-order valence-electron chi connectivity index (χ4n) is 1.79. The smallest absolute Gasteiger partial charge is 0.313 e. The van der Waals surface area contributed by atoms with Crippen LogP contribution in [0, 0.1) is 0 Å². The van der Waals surface area contributed by atoms with E-state index < -0.39 is 13.4 Å². The molecule has 0 amide bonds. The van der Waals surface area contributed by atoms with E-state index in [9.17, 15) is 9.13 Å². The minimum Gasteiger partial charge on any atom is -0.313 e. The standard InChI is InChI=1S/C11H28N2O4P2S/c1-7-12(8-2)18(14,16-6)20-19(15,17-11-5)13(9-3)10-4/h7-11H2,1-6H3. The van der Waals surface area contributed by atoms with Crippen LogP contribution < -0.4 is 0 Å². The van der Waals surface area contributed by atoms with E-state index in [-0.39, 0.29) is 0 Å². The maximum atomic E-state index is 13.1. The van der Waals surface area contributed by atoms with E-state index in [0.717, 1.165) is 11.0 Å². The van der Waals surface area contributed by atoms with Gasteiger partial charge in [-0.1, -0.05) is 27.7 Å². The predicted octanol–water partition coefficient (Wildman–Crippen LogP) is 4.30. The molecule has 20 heavy (non-hydrogen) atoms. The minimum absolute atomic E-state index is 0.308. The Morgan fingerprint density at radius 1 is 0.850 bits per heavy atom. The van der Waals surface area contributed by atoms with Crippen LogP contribution in [0.3, 0.4) is 0 Å². The van der Waals surface area contributed by atoms with Gasteiger partial charge in [-0.3, -0.25) is 9.13 Å². The molecule has 0 saturated heterocycles. The van der Waals surface area contributed by atoms with Gasteiger partial charge >= 0.3 is 13.4 Å². The molecule has 0 aliphatic heterocycles. The number of hydrogen-bond acceptors (Lipinski definition) is 5. The van der Waals surface area contributed by atoms with Crippen molar-refractivity contribution in [1.82, 2.24) is 9.34 Å². The highest BCUT2D eigenvalue weighted by Gasteiger charge is 2.43. The Morgan fingerprint density at radius 2 is 1.25 bits per heavy atom. The molecule has 0 aromatic heterocycles. The van der Waals surface area contributed by atoms with Crippen LogP contribution in [0.4, 0.5) is 0 Å². The molecule has 122 valence electrons. The van der Waals surface area contributed by atoms with Crippen LogP contribution in [0.15, 0.2) is 0 Å². The molecule has 9 heteroatoms. The Hall–Kier alpha value is 0.650. The van der Waals surface area contributed by atoms with Gasteiger partial charge in [0.05, 0.1) is 17.6 Å². The third-order valence-electron chi connectivity index (χ3n) is 2.88. The molecule has 0 fully saturated rings. The second-order valence-corrected chi connectivity index (χ2v) is 12.4. The summed E-state index contributed by atoms with van der Waals surface area (Å²) in [5.41, 5.74) is 0. The first-order valence-corrected chi connectivity index (χ1v) is 12.2. The van der Waals surface area contributed by atoms with Gasteiger partial charge in [0.25, 0.3) is 0 Å². The number of rotatable bonds is 11. The summed E-state index contributed by atoms with van der Waals surface area (Å²) in [6.45, 7) is 5.54. The molecule has 0 heterocycles. The normalized spacial score (nSPS) is 18.2. The van der Waals surface area contributed by atoms with Crippen molar-refractivity contribution in [2.75, 3.05) is 39.9 Å². The summed E-state index contributed by atoms with van der Waals surface area (Å²) in [6.07, 6.45) is 0. The zero-order chi connectivity index (χ0) is 15.8. The highest BCUT2D eigenvalue weighted by Crippen LogP contribution is 2.80. The van der Waals surface area contributed by atoms with E-state index in [1.54, 1.807) is 16.3 Å². The van der Waals surface area contributed by atoms with Crippen LogP contribution in [-0.4, -0.2) is 49.2 Å². The monoisotopic (exact) mass is 346 g/mol. The minimum atomic E-state index is -3.23. The van der Waals surface area contributed by atoms with Crippen LogP contribution in [0.25, 0.3) is 0 Å². The zero-order valence-electron chi connectivity index (χ0n) is 13.4. The van der Waals surface area contributed by atoms with E-state index in [1.807, 2.05) is 27.7 Å². The van der Waals surface area contributed by atoms with Crippen LogP contribution in [0.2, 0.25) is 0 Å². The summed E-state index contributed by atoms with van der Waals surface area (Å²) >= 11 is 0.852. The molecule has 2 unspecified atom stereocenters. The Labute approximate surface area is 127 Å². The van der Waals surface area contributed by atoms with Gasteiger partial charge in [0.2, 0.25) is 0 Å². The zero-order valence-corrected chi connectivity index (χ0v) is 16.0. The molecule has 6 nitrogen and oxygen atoms in total. The van der Waals surface area contributed by atoms with Crippen molar-refractivity contribution >= 4 is 24.4 Å². The first-order chi connectivity index (χ1) is 9.37. The molecule has 0 rings (SSSR count). The Balaban J connectivity index is 5.42. The Bertz CT molecular complexity index is 362. The Kier molecular flexibility index (Phi) is 9.94. The van der Waals surface area contributed by atoms with Gasteiger partial charge in [-0.05, 0) is 6.92 Å². The van der Waals surface area contributed by atoms with E-state index >= 15 is 0 Å². The molecule has 0 N–H and O–H groups in total. The van der Waals surface area contributed by atoms with Crippen molar-refractivity contribution in [2.45, 2.75) is 34.6 Å².